The summed E-state index contributed by atoms with van der Waals surface area (Å²) >= 11 is 0. The molecule has 0 aromatic heterocycles. The molecule has 0 saturated carbocycles. The van der Waals surface area contributed by atoms with E-state index in [1.54, 1.807) is 0 Å². The van der Waals surface area contributed by atoms with Gasteiger partial charge in [-0.25, -0.2) is 8.78 Å². The second-order valence-electron chi connectivity index (χ2n) is 11.0. The first-order valence-electron chi connectivity index (χ1n) is 13.4. The van der Waals surface area contributed by atoms with Crippen molar-refractivity contribution in [2.75, 3.05) is 0 Å². The summed E-state index contributed by atoms with van der Waals surface area (Å²) in [6, 6.07) is 0. The number of rotatable bonds is 18. The van der Waals surface area contributed by atoms with Gasteiger partial charge in [0, 0.05) is 5.57 Å². The molecule has 0 bridgehead atoms. The van der Waals surface area contributed by atoms with Crippen molar-refractivity contribution in [2.24, 2.45) is 23.7 Å². The van der Waals surface area contributed by atoms with Crippen LogP contribution in [0.15, 0.2) is 109 Å². The largest absolute Gasteiger partial charge is 0.499 e. The second kappa shape index (κ2) is 16.5. The molecule has 3 unspecified atom stereocenters. The molecule has 0 aromatic rings. The highest BCUT2D eigenvalue weighted by Gasteiger charge is 2.61. The van der Waals surface area contributed by atoms with Crippen LogP contribution in [-0.2, 0) is 4.74 Å². The van der Waals surface area contributed by atoms with Gasteiger partial charge >= 0.3 is 12.3 Å². The minimum absolute atomic E-state index is 0.125. The van der Waals surface area contributed by atoms with Crippen LogP contribution in [0.2, 0.25) is 0 Å². The molecule has 0 fully saturated rings. The van der Waals surface area contributed by atoms with Gasteiger partial charge in [-0.2, -0.15) is 26.3 Å². The van der Waals surface area contributed by atoms with Gasteiger partial charge in [-0.15, -0.1) is 0 Å². The summed E-state index contributed by atoms with van der Waals surface area (Å²) in [5.41, 5.74) is -0.488. The van der Waals surface area contributed by atoms with Crippen molar-refractivity contribution >= 4 is 0 Å². The number of hydrogen-bond donors (Lipinski definition) is 0. The molecule has 42 heavy (non-hydrogen) atoms. The van der Waals surface area contributed by atoms with Crippen molar-refractivity contribution in [1.29, 1.82) is 0 Å². The monoisotopic (exact) mass is 606 g/mol. The Bertz CT molecular complexity index is 1130. The number of allylic oxidation sites excluding steroid dienone is 11. The number of hydrogen-bond acceptors (Lipinski definition) is 1. The molecular formula is C33H42F8O. The van der Waals surface area contributed by atoms with E-state index in [9.17, 15) is 35.1 Å². The van der Waals surface area contributed by atoms with E-state index in [4.69, 9.17) is 0 Å². The molecule has 0 aliphatic carbocycles. The Morgan fingerprint density at radius 2 is 1.14 bits per heavy atom. The molecule has 3 atom stereocenters. The maximum absolute atomic E-state index is 14.9. The van der Waals surface area contributed by atoms with Crippen LogP contribution in [-0.4, -0.2) is 12.3 Å². The molecule has 0 radical (unpaired) electrons. The molecule has 0 amide bonds. The third-order valence-electron chi connectivity index (χ3n) is 7.00. The Kier molecular flexibility index (Phi) is 15.3. The number of ether oxygens (including phenoxy) is 1. The first kappa shape index (κ1) is 38.9. The van der Waals surface area contributed by atoms with Crippen molar-refractivity contribution < 1.29 is 39.9 Å². The molecule has 236 valence electrons. The molecule has 9 heteroatoms. The van der Waals surface area contributed by atoms with E-state index >= 15 is 0 Å². The molecule has 0 heterocycles. The van der Waals surface area contributed by atoms with Gasteiger partial charge in [0.2, 0.25) is 5.83 Å². The smallest absolute Gasteiger partial charge is 0.423 e. The highest BCUT2D eigenvalue weighted by atomic mass is 19.4. The third-order valence-corrected chi connectivity index (χ3v) is 7.00. The fourth-order valence-corrected chi connectivity index (χ4v) is 3.49. The van der Waals surface area contributed by atoms with Crippen LogP contribution in [0.25, 0.3) is 0 Å². The molecule has 0 aliphatic rings. The van der Waals surface area contributed by atoms with Crippen LogP contribution in [0.5, 0.6) is 0 Å². The van der Waals surface area contributed by atoms with Crippen LogP contribution >= 0.6 is 0 Å². The lowest BCUT2D eigenvalue weighted by atomic mass is 9.83. The highest BCUT2D eigenvalue weighted by Crippen LogP contribution is 2.40. The van der Waals surface area contributed by atoms with E-state index in [1.165, 1.54) is 6.08 Å². The topological polar surface area (TPSA) is 9.23 Å². The lowest BCUT2D eigenvalue weighted by molar-refractivity contribution is -0.378. The Morgan fingerprint density at radius 3 is 1.62 bits per heavy atom. The summed E-state index contributed by atoms with van der Waals surface area (Å²) in [5.74, 6) is -5.07. The summed E-state index contributed by atoms with van der Waals surface area (Å²) in [5, 5.41) is 0. The molecule has 0 aromatic carbocycles. The van der Waals surface area contributed by atoms with E-state index in [0.29, 0.717) is 23.3 Å². The number of halogens is 8. The average molecular weight is 607 g/mol. The minimum Gasteiger partial charge on any atom is -0.423 e. The number of alkyl halides is 5. The third kappa shape index (κ3) is 12.4. The first-order chi connectivity index (χ1) is 19.0. The Balaban J connectivity index is 5.24. The fourth-order valence-electron chi connectivity index (χ4n) is 3.49. The van der Waals surface area contributed by atoms with Crippen molar-refractivity contribution in [3.05, 3.63) is 109 Å². The maximum Gasteiger partial charge on any atom is 0.499 e. The van der Waals surface area contributed by atoms with Gasteiger partial charge in [0.15, 0.2) is 11.6 Å². The van der Waals surface area contributed by atoms with E-state index < -0.39 is 41.1 Å². The first-order valence-corrected chi connectivity index (χ1v) is 13.4. The molecular weight excluding hydrogens is 564 g/mol. The predicted molar refractivity (Wildman–Crippen MR) is 155 cm³/mol. The fraction of sp³-hybridized carbons (Fsp3) is 0.455. The van der Waals surface area contributed by atoms with E-state index in [2.05, 4.69) is 71.9 Å². The summed E-state index contributed by atoms with van der Waals surface area (Å²) in [7, 11) is 0. The summed E-state index contributed by atoms with van der Waals surface area (Å²) < 4.78 is 109. The average Bonchev–Trinajstić information content (AvgIpc) is 2.89. The van der Waals surface area contributed by atoms with Gasteiger partial charge in [-0.1, -0.05) is 99.1 Å². The van der Waals surface area contributed by atoms with Gasteiger partial charge in [0.05, 0.1) is 0 Å². The minimum atomic E-state index is -6.18. The standard InChI is InChI=1S/C33H42F8O/c1-19(2)12-13-20(3)21(4)14-16-23(6)26(9)29(34)18-25(8)22(5)15-17-24(7)27(10)30(35)31(36)28(11)42-33(40,41)32(37,38)39/h15,17-21,23H,5,7-14,16H2,1-4,6H3/b17-15-,29-18+,31-30-. The second-order valence-corrected chi connectivity index (χ2v) is 11.0. The maximum atomic E-state index is 14.9. The highest BCUT2D eigenvalue weighted by molar-refractivity contribution is 5.52. The van der Waals surface area contributed by atoms with Gasteiger partial charge in [0.25, 0.3) is 0 Å². The van der Waals surface area contributed by atoms with E-state index in [0.717, 1.165) is 37.8 Å². The zero-order valence-electron chi connectivity index (χ0n) is 25.0. The SMILES string of the molecule is C=C(/C=C\C(=C)C(=C)/C(F)=C(/F)C(=C)OC(F)(F)C(F)(F)F)C(=C)/C=C(/F)C(=C)C(C)CCC(C)C(C)CCC(C)C. The van der Waals surface area contributed by atoms with Gasteiger partial charge < -0.3 is 4.74 Å². The van der Waals surface area contributed by atoms with Crippen LogP contribution in [0.4, 0.5) is 35.1 Å². The molecule has 0 spiro atoms. The van der Waals surface area contributed by atoms with Gasteiger partial charge in [-0.3, -0.25) is 0 Å². The Hall–Kier alpha value is -3.10. The van der Waals surface area contributed by atoms with Crippen molar-refractivity contribution in [3.8, 4) is 0 Å². The van der Waals surface area contributed by atoms with Crippen LogP contribution in [0.1, 0.15) is 60.3 Å². The summed E-state index contributed by atoms with van der Waals surface area (Å²) in [6.45, 7) is 31.2. The molecule has 1 nitrogen and oxygen atoms in total. The van der Waals surface area contributed by atoms with Gasteiger partial charge in [0.1, 0.15) is 5.83 Å². The van der Waals surface area contributed by atoms with Crippen LogP contribution in [0, 0.1) is 23.7 Å². The predicted octanol–water partition coefficient (Wildman–Crippen LogP) is 12.1. The Labute approximate surface area is 245 Å². The lowest BCUT2D eigenvalue weighted by Crippen LogP contribution is -2.38. The summed E-state index contributed by atoms with van der Waals surface area (Å²) in [4.78, 5) is 0. The van der Waals surface area contributed by atoms with E-state index in [-0.39, 0.29) is 22.6 Å². The van der Waals surface area contributed by atoms with Crippen LogP contribution < -0.4 is 0 Å². The van der Waals surface area contributed by atoms with Crippen molar-refractivity contribution in [3.63, 3.8) is 0 Å². The molecule has 0 rings (SSSR count). The molecule has 0 N–H and O–H groups in total. The zero-order chi connectivity index (χ0) is 33.2. The van der Waals surface area contributed by atoms with Crippen LogP contribution in [0.3, 0.4) is 0 Å². The lowest BCUT2D eigenvalue weighted by Gasteiger charge is -2.23. The van der Waals surface area contributed by atoms with E-state index in [1.807, 2.05) is 6.92 Å². The molecule has 0 saturated heterocycles. The Morgan fingerprint density at radius 1 is 0.667 bits per heavy atom. The van der Waals surface area contributed by atoms with Crippen molar-refractivity contribution in [1.82, 2.24) is 0 Å². The van der Waals surface area contributed by atoms with Gasteiger partial charge in [-0.05, 0) is 64.9 Å². The normalized spacial score (nSPS) is 15.6. The van der Waals surface area contributed by atoms with Crippen molar-refractivity contribution in [2.45, 2.75) is 72.6 Å². The zero-order valence-corrected chi connectivity index (χ0v) is 25.0. The molecule has 0 aliphatic heterocycles. The quantitative estimate of drug-likeness (QED) is 0.0857. The summed E-state index contributed by atoms with van der Waals surface area (Å²) in [6.07, 6.45) is -4.53.